The van der Waals surface area contributed by atoms with Gasteiger partial charge in [-0.3, -0.25) is 14.2 Å². The molecule has 33 heavy (non-hydrogen) atoms. The zero-order valence-corrected chi connectivity index (χ0v) is 19.7. The quantitative estimate of drug-likeness (QED) is 0.184. The summed E-state index contributed by atoms with van der Waals surface area (Å²) in [5.74, 6) is -0.278. The number of hydrazone groups is 1. The van der Waals surface area contributed by atoms with Crippen LogP contribution in [0.1, 0.15) is 18.1 Å². The minimum Gasteiger partial charge on any atom is -0.272 e. The second kappa shape index (κ2) is 10.0. The Bertz CT molecular complexity index is 1410. The van der Waals surface area contributed by atoms with Crippen LogP contribution in [0.5, 0.6) is 0 Å². The van der Waals surface area contributed by atoms with Gasteiger partial charge >= 0.3 is 0 Å². The molecule has 6 nitrogen and oxygen atoms in total. The summed E-state index contributed by atoms with van der Waals surface area (Å²) in [6, 6.07) is 22.1. The molecule has 3 aromatic carbocycles. The normalized spacial score (nSPS) is 11.5. The first-order valence-corrected chi connectivity index (χ1v) is 11.6. The van der Waals surface area contributed by atoms with Gasteiger partial charge in [0.25, 0.3) is 11.5 Å². The van der Waals surface area contributed by atoms with Gasteiger partial charge in [0.2, 0.25) is 0 Å². The summed E-state index contributed by atoms with van der Waals surface area (Å²) in [5.41, 5.74) is 6.08. The van der Waals surface area contributed by atoms with Crippen LogP contribution in [0.3, 0.4) is 0 Å². The van der Waals surface area contributed by atoms with E-state index in [9.17, 15) is 9.59 Å². The summed E-state index contributed by atoms with van der Waals surface area (Å²) in [7, 11) is 0. The van der Waals surface area contributed by atoms with E-state index >= 15 is 0 Å². The maximum Gasteiger partial charge on any atom is 0.266 e. The summed E-state index contributed by atoms with van der Waals surface area (Å²) < 4.78 is 1.54. The zero-order valence-electron chi connectivity index (χ0n) is 18.1. The number of fused-ring (bicyclic) bond motifs is 1. The maximum atomic E-state index is 13.3. The van der Waals surface area contributed by atoms with Gasteiger partial charge < -0.3 is 0 Å². The lowest BCUT2D eigenvalue weighted by Crippen LogP contribution is -2.24. The topological polar surface area (TPSA) is 76.3 Å². The first-order chi connectivity index (χ1) is 15.9. The van der Waals surface area contributed by atoms with Crippen LogP contribution in [0.15, 0.2) is 87.8 Å². The molecule has 0 atom stereocenters. The van der Waals surface area contributed by atoms with Crippen molar-refractivity contribution in [1.29, 1.82) is 0 Å². The van der Waals surface area contributed by atoms with Crippen molar-refractivity contribution in [2.24, 2.45) is 5.10 Å². The number of aromatic nitrogens is 2. The van der Waals surface area contributed by atoms with Crippen molar-refractivity contribution < 1.29 is 4.79 Å². The van der Waals surface area contributed by atoms with Gasteiger partial charge in [-0.1, -0.05) is 71.4 Å². The molecule has 8 heteroatoms. The molecule has 4 rings (SSSR count). The highest BCUT2D eigenvalue weighted by Gasteiger charge is 2.15. The molecule has 0 fully saturated rings. The number of thioether (sulfide) groups is 1. The Morgan fingerprint density at radius 3 is 2.52 bits per heavy atom. The molecule has 1 amide bonds. The molecule has 0 bridgehead atoms. The van der Waals surface area contributed by atoms with Crippen molar-refractivity contribution in [2.45, 2.75) is 19.0 Å². The highest BCUT2D eigenvalue weighted by atomic mass is 35.5. The number of para-hydroxylation sites is 1. The number of nitrogens with one attached hydrogen (secondary N) is 1. The molecule has 4 aromatic rings. The van der Waals surface area contributed by atoms with Crippen LogP contribution in [0.4, 0.5) is 0 Å². The van der Waals surface area contributed by atoms with E-state index in [1.807, 2.05) is 61.5 Å². The van der Waals surface area contributed by atoms with Crippen molar-refractivity contribution >= 4 is 45.9 Å². The molecule has 0 saturated carbocycles. The monoisotopic (exact) mass is 476 g/mol. The maximum absolute atomic E-state index is 13.3. The van der Waals surface area contributed by atoms with Gasteiger partial charge in [-0.2, -0.15) is 5.10 Å². The van der Waals surface area contributed by atoms with Crippen LogP contribution in [-0.4, -0.2) is 26.9 Å². The third kappa shape index (κ3) is 5.16. The molecule has 1 N–H and O–H groups in total. The van der Waals surface area contributed by atoms with E-state index in [0.29, 0.717) is 32.5 Å². The van der Waals surface area contributed by atoms with E-state index in [1.165, 1.54) is 16.3 Å². The second-order valence-corrected chi connectivity index (χ2v) is 8.74. The van der Waals surface area contributed by atoms with E-state index in [0.717, 1.165) is 11.1 Å². The predicted molar refractivity (Wildman–Crippen MR) is 135 cm³/mol. The number of benzene rings is 3. The van der Waals surface area contributed by atoms with Crippen LogP contribution in [-0.2, 0) is 4.79 Å². The number of halogens is 1. The lowest BCUT2D eigenvalue weighted by Gasteiger charge is -2.13. The van der Waals surface area contributed by atoms with Crippen LogP contribution in [0, 0.1) is 6.92 Å². The minimum absolute atomic E-state index is 0.0376. The van der Waals surface area contributed by atoms with Crippen LogP contribution in [0.25, 0.3) is 16.6 Å². The largest absolute Gasteiger partial charge is 0.272 e. The number of hydrogen-bond acceptors (Lipinski definition) is 5. The Hall–Kier alpha value is -3.42. The van der Waals surface area contributed by atoms with E-state index in [1.54, 1.807) is 25.1 Å². The van der Waals surface area contributed by atoms with Crippen LogP contribution < -0.4 is 11.0 Å². The Kier molecular flexibility index (Phi) is 6.91. The van der Waals surface area contributed by atoms with Gasteiger partial charge in [0, 0.05) is 10.6 Å². The molecule has 1 aromatic heterocycles. The van der Waals surface area contributed by atoms with Gasteiger partial charge in [0.1, 0.15) is 0 Å². The molecule has 0 aliphatic rings. The van der Waals surface area contributed by atoms with Crippen molar-refractivity contribution in [2.75, 3.05) is 5.75 Å². The van der Waals surface area contributed by atoms with Gasteiger partial charge in [-0.25, -0.2) is 10.4 Å². The molecule has 0 aliphatic heterocycles. The Balaban J connectivity index is 1.59. The zero-order chi connectivity index (χ0) is 23.4. The number of rotatable bonds is 6. The lowest BCUT2D eigenvalue weighted by molar-refractivity contribution is -0.118. The first kappa shape index (κ1) is 22.8. The third-order valence-corrected chi connectivity index (χ3v) is 6.25. The third-order valence-electron chi connectivity index (χ3n) is 4.98. The van der Waals surface area contributed by atoms with Gasteiger partial charge in [0.15, 0.2) is 5.16 Å². The average molecular weight is 477 g/mol. The van der Waals surface area contributed by atoms with Crippen molar-refractivity contribution in [3.05, 3.63) is 99.3 Å². The number of carbonyl (C=O) groups is 1. The molecule has 0 saturated heterocycles. The van der Waals surface area contributed by atoms with E-state index < -0.39 is 0 Å². The highest BCUT2D eigenvalue weighted by molar-refractivity contribution is 7.99. The second-order valence-electron chi connectivity index (χ2n) is 7.39. The van der Waals surface area contributed by atoms with Crippen molar-refractivity contribution in [3.63, 3.8) is 0 Å². The van der Waals surface area contributed by atoms with Crippen LogP contribution in [0.2, 0.25) is 5.02 Å². The molecular formula is C25H21ClN4O2S. The SMILES string of the molecule is C/C(=N\NC(=O)CSc1nc2ccccc2c(=O)n1-c1ccc(C)cc1)c1ccccc1Cl. The first-order valence-electron chi connectivity index (χ1n) is 10.2. The Morgan fingerprint density at radius 2 is 1.76 bits per heavy atom. The summed E-state index contributed by atoms with van der Waals surface area (Å²) in [6.45, 7) is 3.75. The van der Waals surface area contributed by atoms with E-state index in [2.05, 4.69) is 15.5 Å². The number of carbonyl (C=O) groups excluding carboxylic acids is 1. The fourth-order valence-corrected chi connectivity index (χ4v) is 4.33. The summed E-state index contributed by atoms with van der Waals surface area (Å²) >= 11 is 7.36. The lowest BCUT2D eigenvalue weighted by atomic mass is 10.1. The Morgan fingerprint density at radius 1 is 1.06 bits per heavy atom. The summed E-state index contributed by atoms with van der Waals surface area (Å²) in [6.07, 6.45) is 0. The number of hydrogen-bond donors (Lipinski definition) is 1. The molecule has 0 unspecified atom stereocenters. The van der Waals surface area contributed by atoms with E-state index in [-0.39, 0.29) is 17.2 Å². The fraction of sp³-hybridized carbons (Fsp3) is 0.120. The van der Waals surface area contributed by atoms with Crippen LogP contribution >= 0.6 is 23.4 Å². The molecule has 0 radical (unpaired) electrons. The predicted octanol–water partition coefficient (Wildman–Crippen LogP) is 4.98. The minimum atomic E-state index is -0.315. The molecular weight excluding hydrogens is 456 g/mol. The Labute approximate surface area is 200 Å². The smallest absolute Gasteiger partial charge is 0.266 e. The molecule has 166 valence electrons. The highest BCUT2D eigenvalue weighted by Crippen LogP contribution is 2.21. The van der Waals surface area contributed by atoms with Gasteiger partial charge in [-0.05, 0) is 44.2 Å². The summed E-state index contributed by atoms with van der Waals surface area (Å²) in [5, 5.41) is 5.67. The number of aryl methyl sites for hydroxylation is 1. The van der Waals surface area contributed by atoms with Gasteiger partial charge in [-0.15, -0.1) is 0 Å². The average Bonchev–Trinajstić information content (AvgIpc) is 2.82. The molecule has 0 spiro atoms. The summed E-state index contributed by atoms with van der Waals surface area (Å²) in [4.78, 5) is 30.4. The standard InChI is InChI=1S/C25H21ClN4O2S/c1-16-11-13-18(14-12-16)30-24(32)20-8-4-6-10-22(20)27-25(30)33-15-23(31)29-28-17(2)19-7-3-5-9-21(19)26/h3-14H,15H2,1-2H3,(H,29,31)/b28-17+. The van der Waals surface area contributed by atoms with Crippen molar-refractivity contribution in [3.8, 4) is 5.69 Å². The van der Waals surface area contributed by atoms with E-state index in [4.69, 9.17) is 11.6 Å². The molecule has 1 heterocycles. The number of amides is 1. The molecule has 0 aliphatic carbocycles. The number of nitrogens with zero attached hydrogens (tertiary/aromatic N) is 3. The fourth-order valence-electron chi connectivity index (χ4n) is 3.25. The van der Waals surface area contributed by atoms with Gasteiger partial charge in [0.05, 0.1) is 28.1 Å². The van der Waals surface area contributed by atoms with Crippen molar-refractivity contribution in [1.82, 2.24) is 15.0 Å².